The Kier molecular flexibility index (Phi) is 6.39. The van der Waals surface area contributed by atoms with Gasteiger partial charge in [-0.2, -0.15) is 0 Å². The average Bonchev–Trinajstić information content (AvgIpc) is 3.15. The van der Waals surface area contributed by atoms with Crippen molar-refractivity contribution in [2.45, 2.75) is 20.0 Å². The molecule has 0 heterocycles. The van der Waals surface area contributed by atoms with Gasteiger partial charge in [0.05, 0.1) is 5.71 Å². The van der Waals surface area contributed by atoms with Gasteiger partial charge in [-0.3, -0.25) is 4.79 Å². The maximum atomic E-state index is 13.4. The molecule has 0 aliphatic heterocycles. The van der Waals surface area contributed by atoms with E-state index in [0.717, 1.165) is 28.0 Å². The highest BCUT2D eigenvalue weighted by Gasteiger charge is 2.18. The quantitative estimate of drug-likeness (QED) is 0.577. The van der Waals surface area contributed by atoms with E-state index in [1.807, 2.05) is 25.1 Å². The third-order valence-electron chi connectivity index (χ3n) is 4.60. The van der Waals surface area contributed by atoms with Crippen LogP contribution in [0.2, 0.25) is 0 Å². The van der Waals surface area contributed by atoms with Gasteiger partial charge in [0.1, 0.15) is 19.5 Å². The van der Waals surface area contributed by atoms with Crippen molar-refractivity contribution in [1.29, 1.82) is 0 Å². The predicted molar refractivity (Wildman–Crippen MR) is 110 cm³/mol. The van der Waals surface area contributed by atoms with Gasteiger partial charge in [-0.25, -0.2) is 4.39 Å². The van der Waals surface area contributed by atoms with Crippen LogP contribution in [0, 0.1) is 5.82 Å². The lowest BCUT2D eigenvalue weighted by Gasteiger charge is -2.10. The monoisotopic (exact) mass is 395 g/mol. The topological polar surface area (TPSA) is 72.3 Å². The van der Waals surface area contributed by atoms with Gasteiger partial charge in [0.2, 0.25) is 0 Å². The van der Waals surface area contributed by atoms with Crippen molar-refractivity contribution < 1.29 is 18.9 Å². The molecule has 1 amide bonds. The Hall–Kier alpha value is -3.48. The molecule has 0 aromatic heterocycles. The second-order valence-electron chi connectivity index (χ2n) is 6.50. The number of carbonyl (C=O) groups is 1. The minimum atomic E-state index is -0.361. The third kappa shape index (κ3) is 4.68. The Bertz CT molecular complexity index is 1010. The Morgan fingerprint density at radius 2 is 2.00 bits per heavy atom. The molecular weight excluding hydrogens is 373 g/mol. The summed E-state index contributed by atoms with van der Waals surface area (Å²) in [6, 6.07) is 12.0. The first-order chi connectivity index (χ1) is 14.0. The van der Waals surface area contributed by atoms with Crippen molar-refractivity contribution in [3.05, 3.63) is 76.1 Å². The van der Waals surface area contributed by atoms with Gasteiger partial charge in [0, 0.05) is 18.2 Å². The summed E-state index contributed by atoms with van der Waals surface area (Å²) in [5.74, 6) is -0.617. The van der Waals surface area contributed by atoms with Gasteiger partial charge in [-0.15, -0.1) is 0 Å². The van der Waals surface area contributed by atoms with Crippen LogP contribution in [0.3, 0.4) is 0 Å². The van der Waals surface area contributed by atoms with Gasteiger partial charge >= 0.3 is 0 Å². The molecule has 0 saturated carbocycles. The van der Waals surface area contributed by atoms with Crippen molar-refractivity contribution in [2.75, 3.05) is 14.2 Å². The largest absolute Gasteiger partial charge is 0.398 e. The number of hydrogen-bond acceptors (Lipinski definition) is 5. The van der Waals surface area contributed by atoms with Crippen LogP contribution in [-0.2, 0) is 27.5 Å². The number of nitrogens with zero attached hydrogens (tertiary/aromatic N) is 2. The van der Waals surface area contributed by atoms with Crippen LogP contribution in [0.5, 0.6) is 0 Å². The number of allylic oxidation sites excluding steroid dienone is 1. The number of rotatable bonds is 7. The molecule has 0 atom stereocenters. The molecule has 1 aliphatic carbocycles. The van der Waals surface area contributed by atoms with Crippen LogP contribution in [-0.4, -0.2) is 31.5 Å². The number of carbonyl (C=O) groups excluding carboxylic acids is 1. The summed E-state index contributed by atoms with van der Waals surface area (Å²) < 4.78 is 13.4. The van der Waals surface area contributed by atoms with Gasteiger partial charge < -0.3 is 15.0 Å². The highest BCUT2D eigenvalue weighted by molar-refractivity contribution is 6.45. The number of nitrogens with one attached hydrogen (secondary N) is 1. The summed E-state index contributed by atoms with van der Waals surface area (Å²) in [4.78, 5) is 22.5. The molecular formula is C22H22FN3O3. The first kappa shape index (κ1) is 20.3. The Balaban J connectivity index is 1.73. The second-order valence-corrected chi connectivity index (χ2v) is 6.50. The fraction of sp³-hybridized carbons (Fsp3) is 0.227. The van der Waals surface area contributed by atoms with Crippen LogP contribution in [0.4, 0.5) is 4.39 Å². The van der Waals surface area contributed by atoms with Crippen molar-refractivity contribution in [2.24, 2.45) is 10.3 Å². The number of benzene rings is 2. The van der Waals surface area contributed by atoms with Gasteiger partial charge in [-0.1, -0.05) is 40.6 Å². The third-order valence-corrected chi connectivity index (χ3v) is 4.60. The van der Waals surface area contributed by atoms with E-state index in [1.54, 1.807) is 18.2 Å². The number of fused-ring (bicyclic) bond motifs is 1. The van der Waals surface area contributed by atoms with E-state index in [9.17, 15) is 9.18 Å². The summed E-state index contributed by atoms with van der Waals surface area (Å²) in [5, 5.41) is 10.6. The average molecular weight is 395 g/mol. The Morgan fingerprint density at radius 3 is 2.76 bits per heavy atom. The number of hydrogen-bond donors (Lipinski definition) is 1. The first-order valence-corrected chi connectivity index (χ1v) is 9.11. The fourth-order valence-corrected chi connectivity index (χ4v) is 3.09. The lowest BCUT2D eigenvalue weighted by atomic mass is 10.0. The SMILES string of the molecule is CNC(=O)/C(=N/OC)c1ccccc1CO/N=C(\C)C1=Cc2cc(F)ccc2C1. The maximum Gasteiger partial charge on any atom is 0.273 e. The highest BCUT2D eigenvalue weighted by atomic mass is 19.1. The standard InChI is InChI=1S/C22H22FN3O3/c1-14(17-10-15-8-9-19(23)12-18(15)11-17)25-29-13-16-6-4-5-7-20(16)21(26-28-3)22(27)24-2/h4-9,11-12H,10,13H2,1-3H3,(H,24,27)/b25-14+,26-21+. The van der Waals surface area contributed by atoms with Crippen molar-refractivity contribution in [1.82, 2.24) is 5.32 Å². The van der Waals surface area contributed by atoms with Crippen molar-refractivity contribution in [3.63, 3.8) is 0 Å². The fourth-order valence-electron chi connectivity index (χ4n) is 3.09. The number of halogens is 1. The molecule has 6 nitrogen and oxygen atoms in total. The molecule has 0 bridgehead atoms. The van der Waals surface area contributed by atoms with E-state index < -0.39 is 0 Å². The zero-order valence-corrected chi connectivity index (χ0v) is 16.5. The summed E-state index contributed by atoms with van der Waals surface area (Å²) in [5.41, 5.74) is 5.13. The molecule has 2 aromatic rings. The second kappa shape index (κ2) is 9.14. The van der Waals surface area contributed by atoms with Crippen molar-refractivity contribution >= 4 is 23.4 Å². The molecule has 0 saturated heterocycles. The summed E-state index contributed by atoms with van der Waals surface area (Å²) in [6.07, 6.45) is 2.61. The Morgan fingerprint density at radius 1 is 1.21 bits per heavy atom. The summed E-state index contributed by atoms with van der Waals surface area (Å²) in [7, 11) is 2.91. The van der Waals surface area contributed by atoms with Crippen LogP contribution in [0.15, 0.2) is 58.3 Å². The molecule has 2 aromatic carbocycles. The van der Waals surface area contributed by atoms with E-state index in [1.165, 1.54) is 26.3 Å². The summed E-state index contributed by atoms with van der Waals surface area (Å²) >= 11 is 0. The number of oxime groups is 2. The predicted octanol–water partition coefficient (Wildman–Crippen LogP) is 3.45. The zero-order chi connectivity index (χ0) is 20.8. The van der Waals surface area contributed by atoms with Gasteiger partial charge in [0.25, 0.3) is 5.91 Å². The van der Waals surface area contributed by atoms with E-state index >= 15 is 0 Å². The highest BCUT2D eigenvalue weighted by Crippen LogP contribution is 2.26. The minimum Gasteiger partial charge on any atom is -0.398 e. The smallest absolute Gasteiger partial charge is 0.273 e. The lowest BCUT2D eigenvalue weighted by molar-refractivity contribution is -0.114. The molecule has 29 heavy (non-hydrogen) atoms. The van der Waals surface area contributed by atoms with Crippen LogP contribution in [0.25, 0.3) is 6.08 Å². The molecule has 150 valence electrons. The number of amides is 1. The van der Waals surface area contributed by atoms with Gasteiger partial charge in [-0.05, 0) is 48.3 Å². The van der Waals surface area contributed by atoms with E-state index in [-0.39, 0.29) is 24.0 Å². The molecule has 0 fully saturated rings. The number of likely N-dealkylation sites (N-methyl/N-ethyl adjacent to an activating group) is 1. The maximum absolute atomic E-state index is 13.4. The molecule has 1 N–H and O–H groups in total. The molecule has 1 aliphatic rings. The van der Waals surface area contributed by atoms with Gasteiger partial charge in [0.15, 0.2) is 5.71 Å². The first-order valence-electron chi connectivity index (χ1n) is 9.11. The minimum absolute atomic E-state index is 0.155. The molecule has 7 heteroatoms. The van der Waals surface area contributed by atoms with Crippen LogP contribution in [0.1, 0.15) is 29.2 Å². The Labute approximate surface area is 168 Å². The van der Waals surface area contributed by atoms with E-state index in [4.69, 9.17) is 9.68 Å². The summed E-state index contributed by atoms with van der Waals surface area (Å²) in [6.45, 7) is 2.00. The molecule has 0 radical (unpaired) electrons. The van der Waals surface area contributed by atoms with E-state index in [2.05, 4.69) is 15.6 Å². The molecule has 0 spiro atoms. The molecule has 0 unspecified atom stereocenters. The van der Waals surface area contributed by atoms with Crippen molar-refractivity contribution in [3.8, 4) is 0 Å². The lowest BCUT2D eigenvalue weighted by Crippen LogP contribution is -2.29. The molecule has 3 rings (SSSR count). The van der Waals surface area contributed by atoms with Crippen LogP contribution < -0.4 is 5.32 Å². The zero-order valence-electron chi connectivity index (χ0n) is 16.5. The van der Waals surface area contributed by atoms with E-state index in [0.29, 0.717) is 12.0 Å². The van der Waals surface area contributed by atoms with Crippen LogP contribution >= 0.6 is 0 Å². The normalized spacial score (nSPS) is 13.6.